The topological polar surface area (TPSA) is 157 Å². The van der Waals surface area contributed by atoms with Crippen molar-refractivity contribution in [1.29, 1.82) is 0 Å². The van der Waals surface area contributed by atoms with Crippen LogP contribution in [-0.4, -0.2) is 75.8 Å². The molecular formula is C37H44N5O6P. The molecule has 1 aliphatic heterocycles. The molecule has 0 saturated carbocycles. The predicted molar refractivity (Wildman–Crippen MR) is 187 cm³/mol. The van der Waals surface area contributed by atoms with Crippen LogP contribution in [0.3, 0.4) is 0 Å². The van der Waals surface area contributed by atoms with Gasteiger partial charge < -0.3 is 30.1 Å². The number of imidazole rings is 1. The molecule has 258 valence electrons. The third-order valence-corrected chi connectivity index (χ3v) is 11.6. The Bertz CT molecular complexity index is 1670. The molecule has 5 rings (SSSR count). The standard InChI is InChI=1S/C37H44N5O6P/c1-39-35(44)32-19-12-22-42(32)36(45)27(25-49(46,47)33(38)20-21-34(43)48-2)23-31-24-41(26-40-31)37(28-13-6-3-7-14-28,29-15-8-4-9-16-29)30-17-10-5-11-18-30/h3-11,13-18,24,26-27,32-33H,12,19-23,25,38H2,1-2H3,(H,39,44)(H,46,47)/t27?,32-,33?/m0/s1. The minimum absolute atomic E-state index is 0.0333. The minimum Gasteiger partial charge on any atom is -0.469 e. The van der Waals surface area contributed by atoms with Gasteiger partial charge in [0.25, 0.3) is 0 Å². The lowest BCUT2D eigenvalue weighted by atomic mass is 9.77. The Balaban J connectivity index is 1.56. The lowest BCUT2D eigenvalue weighted by Gasteiger charge is -2.37. The Hall–Kier alpha value is -4.57. The van der Waals surface area contributed by atoms with Crippen LogP contribution >= 0.6 is 7.37 Å². The van der Waals surface area contributed by atoms with Gasteiger partial charge in [-0.2, -0.15) is 0 Å². The first kappa shape index (κ1) is 35.7. The van der Waals surface area contributed by atoms with Crippen molar-refractivity contribution in [3.05, 3.63) is 126 Å². The van der Waals surface area contributed by atoms with Crippen molar-refractivity contribution in [3.63, 3.8) is 0 Å². The molecule has 0 aliphatic carbocycles. The van der Waals surface area contributed by atoms with Gasteiger partial charge in [0.1, 0.15) is 11.6 Å². The maximum Gasteiger partial charge on any atom is 0.305 e. The fraction of sp³-hybridized carbons (Fsp3) is 0.351. The lowest BCUT2D eigenvalue weighted by molar-refractivity contribution is -0.141. The zero-order chi connectivity index (χ0) is 35.0. The Kier molecular flexibility index (Phi) is 11.5. The number of hydrogen-bond acceptors (Lipinski definition) is 7. The van der Waals surface area contributed by atoms with Gasteiger partial charge in [0.15, 0.2) is 0 Å². The molecule has 4 N–H and O–H groups in total. The van der Waals surface area contributed by atoms with Crippen molar-refractivity contribution in [3.8, 4) is 0 Å². The average Bonchev–Trinajstić information content (AvgIpc) is 3.82. The van der Waals surface area contributed by atoms with Crippen LogP contribution in [0.5, 0.6) is 0 Å². The largest absolute Gasteiger partial charge is 0.469 e. The summed E-state index contributed by atoms with van der Waals surface area (Å²) in [5.74, 6) is -3.48. The highest BCUT2D eigenvalue weighted by Gasteiger charge is 2.42. The molecule has 0 radical (unpaired) electrons. The maximum absolute atomic E-state index is 14.2. The zero-order valence-electron chi connectivity index (χ0n) is 27.9. The van der Waals surface area contributed by atoms with E-state index in [4.69, 9.17) is 10.7 Å². The first-order valence-electron chi connectivity index (χ1n) is 16.5. The second-order valence-corrected chi connectivity index (χ2v) is 14.9. The molecular weight excluding hydrogens is 641 g/mol. The van der Waals surface area contributed by atoms with E-state index in [0.717, 1.165) is 16.7 Å². The molecule has 1 aromatic heterocycles. The Morgan fingerprint density at radius 3 is 2.06 bits per heavy atom. The van der Waals surface area contributed by atoms with Crippen molar-refractivity contribution in [2.75, 3.05) is 26.9 Å². The van der Waals surface area contributed by atoms with Crippen molar-refractivity contribution >= 4 is 25.2 Å². The van der Waals surface area contributed by atoms with E-state index < -0.39 is 48.7 Å². The lowest BCUT2D eigenvalue weighted by Crippen LogP contribution is -2.48. The number of carbonyl (C=O) groups is 3. The molecule has 49 heavy (non-hydrogen) atoms. The van der Waals surface area contributed by atoms with Crippen LogP contribution in [0.15, 0.2) is 104 Å². The quantitative estimate of drug-likeness (QED) is 0.102. The van der Waals surface area contributed by atoms with Crippen LogP contribution in [0, 0.1) is 5.92 Å². The van der Waals surface area contributed by atoms with E-state index in [-0.39, 0.29) is 25.2 Å². The Labute approximate surface area is 286 Å². The van der Waals surface area contributed by atoms with E-state index in [1.165, 1.54) is 19.1 Å². The number of nitrogens with one attached hydrogen (secondary N) is 1. The second kappa shape index (κ2) is 15.8. The number of esters is 1. The second-order valence-electron chi connectivity index (χ2n) is 12.4. The minimum atomic E-state index is -4.17. The van der Waals surface area contributed by atoms with Crippen LogP contribution in [0.1, 0.15) is 48.1 Å². The number of methoxy groups -OCH3 is 1. The number of likely N-dealkylation sites (N-methyl/N-ethyl adjacent to an activating group) is 1. The highest BCUT2D eigenvalue weighted by Crippen LogP contribution is 2.48. The van der Waals surface area contributed by atoms with Crippen LogP contribution in [0.4, 0.5) is 0 Å². The summed E-state index contributed by atoms with van der Waals surface area (Å²) in [5.41, 5.74) is 8.84. The van der Waals surface area contributed by atoms with Crippen LogP contribution in [0.25, 0.3) is 0 Å². The molecule has 2 heterocycles. The van der Waals surface area contributed by atoms with Crippen molar-refractivity contribution in [2.24, 2.45) is 11.7 Å². The van der Waals surface area contributed by atoms with Gasteiger partial charge in [-0.25, -0.2) is 4.98 Å². The predicted octanol–water partition coefficient (Wildman–Crippen LogP) is 4.13. The summed E-state index contributed by atoms with van der Waals surface area (Å²) < 4.78 is 20.4. The van der Waals surface area contributed by atoms with Gasteiger partial charge in [-0.3, -0.25) is 18.9 Å². The number of likely N-dealkylation sites (tertiary alicyclic amines) is 1. The number of aromatic nitrogens is 2. The maximum atomic E-state index is 14.2. The average molecular weight is 686 g/mol. The summed E-state index contributed by atoms with van der Waals surface area (Å²) in [6.45, 7) is 0.352. The number of rotatable bonds is 14. The first-order chi connectivity index (χ1) is 23.6. The van der Waals surface area contributed by atoms with Crippen molar-refractivity contribution in [2.45, 2.75) is 49.5 Å². The van der Waals surface area contributed by atoms with E-state index in [2.05, 4.69) is 46.5 Å². The van der Waals surface area contributed by atoms with E-state index in [1.54, 1.807) is 6.33 Å². The summed E-state index contributed by atoms with van der Waals surface area (Å²) in [5, 5.41) is 2.63. The number of nitrogens with zero attached hydrogens (tertiary/aromatic N) is 3. The van der Waals surface area contributed by atoms with Crippen molar-refractivity contribution < 1.29 is 28.6 Å². The SMILES string of the molecule is CNC(=O)[C@@H]1CCCN1C(=O)C(Cc1cn(C(c2ccccc2)(c2ccccc2)c2ccccc2)cn1)CP(=O)(O)C(N)CCC(=O)OC. The van der Waals surface area contributed by atoms with Gasteiger partial charge in [-0.05, 0) is 36.0 Å². The zero-order valence-corrected chi connectivity index (χ0v) is 28.7. The molecule has 4 aromatic rings. The molecule has 1 aliphatic rings. The van der Waals surface area contributed by atoms with Gasteiger partial charge in [-0.1, -0.05) is 91.0 Å². The van der Waals surface area contributed by atoms with Gasteiger partial charge in [0.2, 0.25) is 19.2 Å². The van der Waals surface area contributed by atoms with Crippen LogP contribution in [0.2, 0.25) is 0 Å². The van der Waals surface area contributed by atoms with E-state index in [9.17, 15) is 23.8 Å². The van der Waals surface area contributed by atoms with E-state index in [1.807, 2.05) is 65.4 Å². The Morgan fingerprint density at radius 1 is 1.00 bits per heavy atom. The third-order valence-electron chi connectivity index (χ3n) is 9.36. The Morgan fingerprint density at radius 2 is 1.55 bits per heavy atom. The fourth-order valence-corrected chi connectivity index (χ4v) is 8.57. The molecule has 12 heteroatoms. The molecule has 11 nitrogen and oxygen atoms in total. The summed E-state index contributed by atoms with van der Waals surface area (Å²) in [6.07, 6.45) is 4.14. The number of ether oxygens (including phenoxy) is 1. The van der Waals surface area contributed by atoms with Crippen molar-refractivity contribution in [1.82, 2.24) is 19.8 Å². The molecule has 1 saturated heterocycles. The van der Waals surface area contributed by atoms with E-state index in [0.29, 0.717) is 25.1 Å². The highest BCUT2D eigenvalue weighted by atomic mass is 31.2. The summed E-state index contributed by atoms with van der Waals surface area (Å²) in [6, 6.07) is 29.6. The monoisotopic (exact) mass is 685 g/mol. The third kappa shape index (κ3) is 7.69. The van der Waals surface area contributed by atoms with Gasteiger partial charge in [0, 0.05) is 38.8 Å². The highest BCUT2D eigenvalue weighted by molar-refractivity contribution is 7.58. The molecule has 2 amide bonds. The first-order valence-corrected chi connectivity index (χ1v) is 18.4. The van der Waals surface area contributed by atoms with Gasteiger partial charge >= 0.3 is 5.97 Å². The molecule has 3 unspecified atom stereocenters. The summed E-state index contributed by atoms with van der Waals surface area (Å²) in [4.78, 5) is 56.2. The number of carbonyl (C=O) groups excluding carboxylic acids is 3. The normalized spacial score (nSPS) is 17.1. The van der Waals surface area contributed by atoms with Crippen LogP contribution < -0.4 is 11.1 Å². The molecule has 0 bridgehead atoms. The molecule has 1 fully saturated rings. The smallest absolute Gasteiger partial charge is 0.305 e. The number of amides is 2. The number of nitrogens with two attached hydrogens (primary N) is 1. The summed E-state index contributed by atoms with van der Waals surface area (Å²) >= 11 is 0. The van der Waals surface area contributed by atoms with E-state index >= 15 is 0 Å². The number of benzene rings is 3. The molecule has 3 aromatic carbocycles. The van der Waals surface area contributed by atoms with Gasteiger partial charge in [0.05, 0.1) is 30.8 Å². The van der Waals surface area contributed by atoms with Crippen LogP contribution in [-0.2, 0) is 35.6 Å². The number of hydrogen-bond donors (Lipinski definition) is 3. The summed E-state index contributed by atoms with van der Waals surface area (Å²) in [7, 11) is -1.41. The van der Waals surface area contributed by atoms with Gasteiger partial charge in [-0.15, -0.1) is 0 Å². The fourth-order valence-electron chi connectivity index (χ4n) is 6.84. The molecule has 4 atom stereocenters. The molecule has 0 spiro atoms.